The van der Waals surface area contributed by atoms with Gasteiger partial charge in [0.2, 0.25) is 0 Å². The van der Waals surface area contributed by atoms with Gasteiger partial charge in [0.15, 0.2) is 11.5 Å². The van der Waals surface area contributed by atoms with Crippen molar-refractivity contribution in [3.8, 4) is 0 Å². The van der Waals surface area contributed by atoms with Crippen molar-refractivity contribution < 1.29 is 5.11 Å². The van der Waals surface area contributed by atoms with E-state index in [1.54, 1.807) is 6.33 Å². The van der Waals surface area contributed by atoms with Crippen LogP contribution in [0.4, 0.5) is 5.82 Å². The SMILES string of the molecule is OC1(CNc2ncnc3nc[nH]c23)C2CC3CC(C2)CC1C3. The third-order valence-corrected chi connectivity index (χ3v) is 6.31. The van der Waals surface area contributed by atoms with Crippen LogP contribution in [0.2, 0.25) is 0 Å². The van der Waals surface area contributed by atoms with Crippen LogP contribution < -0.4 is 5.32 Å². The van der Waals surface area contributed by atoms with Gasteiger partial charge < -0.3 is 15.4 Å². The van der Waals surface area contributed by atoms with E-state index in [1.165, 1.54) is 38.4 Å². The second kappa shape index (κ2) is 4.41. The number of aromatic nitrogens is 4. The molecule has 4 fully saturated rings. The minimum Gasteiger partial charge on any atom is -0.387 e. The van der Waals surface area contributed by atoms with Crippen LogP contribution in [0.3, 0.4) is 0 Å². The highest BCUT2D eigenvalue weighted by molar-refractivity contribution is 5.81. The highest BCUT2D eigenvalue weighted by Crippen LogP contribution is 2.58. The zero-order valence-corrected chi connectivity index (χ0v) is 12.5. The number of hydrogen-bond donors (Lipinski definition) is 3. The summed E-state index contributed by atoms with van der Waals surface area (Å²) < 4.78 is 0. The zero-order chi connectivity index (χ0) is 14.7. The van der Waals surface area contributed by atoms with Gasteiger partial charge in [0.1, 0.15) is 11.8 Å². The number of rotatable bonds is 3. The van der Waals surface area contributed by atoms with Crippen LogP contribution in [0.5, 0.6) is 0 Å². The molecule has 6 nitrogen and oxygen atoms in total. The number of H-pyrrole nitrogens is 1. The Kier molecular flexibility index (Phi) is 2.57. The van der Waals surface area contributed by atoms with Gasteiger partial charge in [-0.05, 0) is 55.8 Å². The minimum absolute atomic E-state index is 0.454. The Hall–Kier alpha value is -1.69. The Morgan fingerprint density at radius 2 is 1.82 bits per heavy atom. The normalized spacial score (nSPS) is 39.5. The third-order valence-electron chi connectivity index (χ3n) is 6.31. The number of aromatic amines is 1. The first kappa shape index (κ1) is 12.8. The summed E-state index contributed by atoms with van der Waals surface area (Å²) >= 11 is 0. The highest BCUT2D eigenvalue weighted by atomic mass is 16.3. The lowest BCUT2D eigenvalue weighted by Crippen LogP contribution is -2.60. The molecule has 0 atom stereocenters. The van der Waals surface area contributed by atoms with Gasteiger partial charge in [0, 0.05) is 6.54 Å². The minimum atomic E-state index is -0.579. The molecule has 4 aliphatic rings. The van der Waals surface area contributed by atoms with Crippen LogP contribution in [0.15, 0.2) is 12.7 Å². The third kappa shape index (κ3) is 1.73. The van der Waals surface area contributed by atoms with Crippen molar-refractivity contribution in [2.75, 3.05) is 11.9 Å². The number of nitrogens with zero attached hydrogens (tertiary/aromatic N) is 3. The quantitative estimate of drug-likeness (QED) is 0.806. The number of anilines is 1. The molecule has 0 radical (unpaired) electrons. The monoisotopic (exact) mass is 299 g/mol. The summed E-state index contributed by atoms with van der Waals surface area (Å²) in [5.74, 6) is 3.37. The van der Waals surface area contributed by atoms with Gasteiger partial charge in [-0.25, -0.2) is 15.0 Å². The van der Waals surface area contributed by atoms with E-state index in [1.807, 2.05) is 0 Å². The Bertz CT molecular complexity index is 683. The molecular formula is C16H21N5O. The van der Waals surface area contributed by atoms with Gasteiger partial charge in [-0.1, -0.05) is 0 Å². The zero-order valence-electron chi connectivity index (χ0n) is 12.5. The Labute approximate surface area is 128 Å². The topological polar surface area (TPSA) is 86.7 Å². The van der Waals surface area contributed by atoms with E-state index >= 15 is 0 Å². The maximum Gasteiger partial charge on any atom is 0.182 e. The molecule has 2 aromatic rings. The fraction of sp³-hybridized carbons (Fsp3) is 0.688. The first-order valence-corrected chi connectivity index (χ1v) is 8.32. The Morgan fingerprint density at radius 1 is 1.09 bits per heavy atom. The fourth-order valence-corrected chi connectivity index (χ4v) is 5.41. The molecule has 0 spiro atoms. The molecule has 22 heavy (non-hydrogen) atoms. The summed E-state index contributed by atoms with van der Waals surface area (Å²) in [5, 5.41) is 14.7. The van der Waals surface area contributed by atoms with Crippen molar-refractivity contribution in [1.29, 1.82) is 0 Å². The predicted octanol–water partition coefficient (Wildman–Crippen LogP) is 1.95. The van der Waals surface area contributed by atoms with Crippen molar-refractivity contribution in [2.45, 2.75) is 37.7 Å². The lowest BCUT2D eigenvalue weighted by Gasteiger charge is -2.59. The van der Waals surface area contributed by atoms with Gasteiger partial charge in [-0.15, -0.1) is 0 Å². The molecule has 6 heteroatoms. The summed E-state index contributed by atoms with van der Waals surface area (Å²) in [6.07, 6.45) is 9.36. The van der Waals surface area contributed by atoms with Gasteiger partial charge in [-0.2, -0.15) is 0 Å². The molecule has 0 aromatic carbocycles. The molecular weight excluding hydrogens is 278 g/mol. The first-order chi connectivity index (χ1) is 10.7. The second-order valence-corrected chi connectivity index (χ2v) is 7.47. The van der Waals surface area contributed by atoms with E-state index < -0.39 is 5.60 Å². The predicted molar refractivity (Wildman–Crippen MR) is 82.2 cm³/mol. The van der Waals surface area contributed by atoms with E-state index in [0.717, 1.165) is 23.2 Å². The van der Waals surface area contributed by atoms with E-state index in [-0.39, 0.29) is 0 Å². The van der Waals surface area contributed by atoms with Crippen molar-refractivity contribution in [2.24, 2.45) is 23.7 Å². The highest BCUT2D eigenvalue weighted by Gasteiger charge is 2.56. The van der Waals surface area contributed by atoms with Crippen LogP contribution in [0, 0.1) is 23.7 Å². The largest absolute Gasteiger partial charge is 0.387 e. The summed E-state index contributed by atoms with van der Waals surface area (Å²) in [7, 11) is 0. The van der Waals surface area contributed by atoms with Crippen LogP contribution >= 0.6 is 0 Å². The summed E-state index contributed by atoms with van der Waals surface area (Å²) in [4.78, 5) is 15.7. The Morgan fingerprint density at radius 3 is 2.55 bits per heavy atom. The van der Waals surface area contributed by atoms with Crippen molar-refractivity contribution in [3.63, 3.8) is 0 Å². The van der Waals surface area contributed by atoms with Gasteiger partial charge in [0.05, 0.1) is 11.9 Å². The summed E-state index contributed by atoms with van der Waals surface area (Å²) in [5.41, 5.74) is 0.898. The van der Waals surface area contributed by atoms with E-state index in [4.69, 9.17) is 0 Å². The second-order valence-electron chi connectivity index (χ2n) is 7.47. The van der Waals surface area contributed by atoms with Crippen LogP contribution in [-0.4, -0.2) is 37.2 Å². The number of imidazole rings is 1. The molecule has 0 unspecified atom stereocenters. The number of aliphatic hydroxyl groups is 1. The molecule has 4 bridgehead atoms. The van der Waals surface area contributed by atoms with E-state index in [2.05, 4.69) is 25.3 Å². The van der Waals surface area contributed by atoms with Crippen molar-refractivity contribution in [1.82, 2.24) is 19.9 Å². The maximum absolute atomic E-state index is 11.3. The number of fused-ring (bicyclic) bond motifs is 1. The van der Waals surface area contributed by atoms with Gasteiger partial charge >= 0.3 is 0 Å². The van der Waals surface area contributed by atoms with Crippen molar-refractivity contribution in [3.05, 3.63) is 12.7 Å². The van der Waals surface area contributed by atoms with Crippen LogP contribution in [-0.2, 0) is 0 Å². The van der Waals surface area contributed by atoms with Crippen LogP contribution in [0.25, 0.3) is 11.2 Å². The molecule has 0 aliphatic heterocycles. The molecule has 116 valence electrons. The standard InChI is InChI=1S/C16H21N5O/c22-16(11-2-9-1-10(4-11)5-12(16)3-9)6-17-14-13-15(19-7-18-13)21-8-20-14/h7-12,22H,1-6H2,(H2,17,18,19,20,21). The fourth-order valence-electron chi connectivity index (χ4n) is 5.41. The van der Waals surface area contributed by atoms with E-state index in [0.29, 0.717) is 24.0 Å². The average molecular weight is 299 g/mol. The Balaban J connectivity index is 1.40. The molecule has 4 aliphatic carbocycles. The lowest BCUT2D eigenvalue weighted by molar-refractivity contribution is -0.164. The molecule has 6 rings (SSSR count). The smallest absolute Gasteiger partial charge is 0.182 e. The van der Waals surface area contributed by atoms with Gasteiger partial charge in [0.25, 0.3) is 0 Å². The van der Waals surface area contributed by atoms with Crippen LogP contribution in [0.1, 0.15) is 32.1 Å². The van der Waals surface area contributed by atoms with Gasteiger partial charge in [-0.3, -0.25) is 0 Å². The molecule has 0 amide bonds. The molecule has 4 saturated carbocycles. The molecule has 3 N–H and O–H groups in total. The summed E-state index contributed by atoms with van der Waals surface area (Å²) in [6, 6.07) is 0. The first-order valence-electron chi connectivity index (χ1n) is 8.32. The number of hydrogen-bond acceptors (Lipinski definition) is 5. The molecule has 0 saturated heterocycles. The molecule has 2 heterocycles. The average Bonchev–Trinajstić information content (AvgIpc) is 2.99. The maximum atomic E-state index is 11.3. The van der Waals surface area contributed by atoms with E-state index in [9.17, 15) is 5.11 Å². The lowest BCUT2D eigenvalue weighted by atomic mass is 9.50. The number of nitrogens with one attached hydrogen (secondary N) is 2. The molecule has 2 aromatic heterocycles. The van der Waals surface area contributed by atoms with Crippen molar-refractivity contribution >= 4 is 17.0 Å². The summed E-state index contributed by atoms with van der Waals surface area (Å²) in [6.45, 7) is 0.576.